The Morgan fingerprint density at radius 2 is 1.38 bits per heavy atom. The molecule has 0 aliphatic rings. The molecule has 5 aromatic rings. The zero-order valence-corrected chi connectivity index (χ0v) is 27.9. The Hall–Kier alpha value is -4.64. The average Bonchev–Trinajstić information content (AvgIpc) is 3.58. The van der Waals surface area contributed by atoms with Gasteiger partial charge in [0.15, 0.2) is 0 Å². The Labute approximate surface area is 288 Å². The molecule has 0 saturated heterocycles. The van der Waals surface area contributed by atoms with Crippen LogP contribution in [0.25, 0.3) is 21.4 Å². The lowest BCUT2D eigenvalue weighted by Crippen LogP contribution is -2.28. The van der Waals surface area contributed by atoms with Gasteiger partial charge in [0.1, 0.15) is 21.8 Å². The van der Waals surface area contributed by atoms with E-state index in [-0.39, 0.29) is 23.2 Å². The third kappa shape index (κ3) is 13.2. The van der Waals surface area contributed by atoms with Crippen LogP contribution in [0.2, 0.25) is 0 Å². The first-order valence-electron chi connectivity index (χ1n) is 12.7. The minimum absolute atomic E-state index is 0. The summed E-state index contributed by atoms with van der Waals surface area (Å²) >= 11 is 6.03. The monoisotopic (exact) mass is 742 g/mol. The summed E-state index contributed by atoms with van der Waals surface area (Å²) in [6.07, 6.45) is 4.79. The van der Waals surface area contributed by atoms with E-state index in [9.17, 15) is 31.5 Å². The van der Waals surface area contributed by atoms with Gasteiger partial charge >= 0.3 is 21.6 Å². The zero-order valence-electron chi connectivity index (χ0n) is 24.5. The number of thiazole rings is 2. The Balaban J connectivity index is 0.000000353. The van der Waals surface area contributed by atoms with Gasteiger partial charge in [0.25, 0.3) is 0 Å². The summed E-state index contributed by atoms with van der Waals surface area (Å²) < 4.78 is 62.6. The molecule has 5 heterocycles. The molecule has 5 aromatic heterocycles. The van der Waals surface area contributed by atoms with Crippen molar-refractivity contribution < 1.29 is 40.8 Å². The number of aryl methyl sites for hydroxylation is 2. The number of nitrogens with zero attached hydrogens (tertiary/aromatic N) is 6. The summed E-state index contributed by atoms with van der Waals surface area (Å²) in [6.45, 7) is 4.75. The number of halogens is 3. The van der Waals surface area contributed by atoms with Gasteiger partial charge in [0.2, 0.25) is 11.8 Å². The number of aromatic nitrogens is 5. The zero-order chi connectivity index (χ0) is 35.2. The molecule has 0 spiro atoms. The fourth-order valence-electron chi connectivity index (χ4n) is 2.63. The first-order valence-corrected chi connectivity index (χ1v) is 16.3. The van der Waals surface area contributed by atoms with Gasteiger partial charge in [0.05, 0.1) is 26.4 Å². The molecule has 0 saturated carbocycles. The number of nitriles is 1. The number of hydrogen-bond donors (Lipinski definition) is 3. The number of hydrogen-bond acceptors (Lipinski definition) is 14. The fourth-order valence-corrected chi connectivity index (χ4v) is 4.75. The third-order valence-electron chi connectivity index (χ3n) is 4.90. The van der Waals surface area contributed by atoms with Crippen molar-refractivity contribution in [2.24, 2.45) is 0 Å². The average molecular weight is 743 g/mol. The molecule has 0 aliphatic heterocycles. The first kappa shape index (κ1) is 41.4. The maximum Gasteiger partial charge on any atom is 0.534 e. The van der Waals surface area contributed by atoms with Crippen LogP contribution in [-0.2, 0) is 14.9 Å². The van der Waals surface area contributed by atoms with E-state index in [0.29, 0.717) is 11.4 Å². The number of pyridine rings is 3. The van der Waals surface area contributed by atoms with Gasteiger partial charge in [-0.1, -0.05) is 25.6 Å². The highest BCUT2D eigenvalue weighted by molar-refractivity contribution is 7.88. The highest BCUT2D eigenvalue weighted by Gasteiger charge is 2.49. The van der Waals surface area contributed by atoms with Crippen molar-refractivity contribution in [3.05, 3.63) is 88.6 Å². The molecular formula is C29H29F3N6O6S4. The molecule has 2 N–H and O–H groups in total. The molecule has 19 heteroatoms. The van der Waals surface area contributed by atoms with Crippen LogP contribution in [0.15, 0.2) is 73.2 Å². The summed E-state index contributed by atoms with van der Waals surface area (Å²) in [5.74, 6) is -1.36. The summed E-state index contributed by atoms with van der Waals surface area (Å²) in [5, 5.41) is 25.9. The van der Waals surface area contributed by atoms with Gasteiger partial charge in [-0.2, -0.15) is 49.4 Å². The minimum atomic E-state index is -5.72. The van der Waals surface area contributed by atoms with Gasteiger partial charge < -0.3 is 14.4 Å². The smallest absolute Gasteiger partial charge is 0.492 e. The molecule has 0 radical (unpaired) electrons. The highest BCUT2D eigenvalue weighted by atomic mass is 32.2. The summed E-state index contributed by atoms with van der Waals surface area (Å²) in [5.41, 5.74) is -3.81. The second-order valence-electron chi connectivity index (χ2n) is 8.53. The van der Waals surface area contributed by atoms with Gasteiger partial charge in [-0.05, 0) is 57.2 Å². The van der Waals surface area contributed by atoms with Crippen molar-refractivity contribution in [1.82, 2.24) is 24.9 Å². The lowest BCUT2D eigenvalue weighted by molar-refractivity contribution is -0.136. The van der Waals surface area contributed by atoms with E-state index < -0.39 is 32.7 Å². The Morgan fingerprint density at radius 1 is 0.917 bits per heavy atom. The second kappa shape index (κ2) is 19.2. The van der Waals surface area contributed by atoms with E-state index in [1.165, 1.54) is 31.4 Å². The maximum atomic E-state index is 12.2. The number of aliphatic carboxylic acids is 1. The van der Waals surface area contributed by atoms with Crippen molar-refractivity contribution in [2.45, 2.75) is 39.0 Å². The van der Waals surface area contributed by atoms with Gasteiger partial charge in [-0.15, -0.1) is 22.7 Å². The molecule has 0 amide bonds. The van der Waals surface area contributed by atoms with E-state index in [1.807, 2.05) is 31.2 Å². The lowest BCUT2D eigenvalue weighted by Gasteiger charge is -2.07. The largest absolute Gasteiger partial charge is 0.534 e. The topological polar surface area (TPSA) is 189 Å². The van der Waals surface area contributed by atoms with Crippen LogP contribution in [0.1, 0.15) is 29.8 Å². The Morgan fingerprint density at radius 3 is 1.71 bits per heavy atom. The standard InChI is InChI=1S/C10H7F3N2O3S2.C9H8N2OS.C6H4N2.C3H6O2S.CH4/c1-6-8(18-20(16,17)10(11,12)13)15-9(19-6)7-4-2-3-5-14-7;1-6-8(12)11-9(13-6)7-4-2-3-5-10-7;7-5-6-3-1-2-4-8-6;1-2(6)3(4)5;/h2-5H,1H3;2-5,12H,1H3;1-4H;2,6H,1H3,(H,4,5);1H4. The van der Waals surface area contributed by atoms with E-state index >= 15 is 0 Å². The van der Waals surface area contributed by atoms with Crippen LogP contribution >= 0.6 is 35.3 Å². The molecule has 256 valence electrons. The van der Waals surface area contributed by atoms with Crippen LogP contribution in [0, 0.1) is 25.2 Å². The summed E-state index contributed by atoms with van der Waals surface area (Å²) in [4.78, 5) is 30.2. The molecule has 48 heavy (non-hydrogen) atoms. The van der Waals surface area contributed by atoms with Gasteiger partial charge in [0, 0.05) is 18.6 Å². The number of carbonyl (C=O) groups is 1. The molecule has 0 fully saturated rings. The van der Waals surface area contributed by atoms with Crippen molar-refractivity contribution in [3.8, 4) is 39.2 Å². The number of rotatable bonds is 5. The summed E-state index contributed by atoms with van der Waals surface area (Å²) in [7, 11) is -5.72. The van der Waals surface area contributed by atoms with E-state index in [1.54, 1.807) is 48.8 Å². The second-order valence-corrected chi connectivity index (χ2v) is 13.3. The van der Waals surface area contributed by atoms with Crippen molar-refractivity contribution in [1.29, 1.82) is 5.26 Å². The number of alkyl halides is 3. The molecule has 1 unspecified atom stereocenters. The number of thiol groups is 1. The van der Waals surface area contributed by atoms with Crippen molar-refractivity contribution >= 4 is 51.4 Å². The predicted octanol–water partition coefficient (Wildman–Crippen LogP) is 6.94. The van der Waals surface area contributed by atoms with Crippen LogP contribution < -0.4 is 4.18 Å². The third-order valence-corrected chi connectivity index (χ3v) is 8.03. The molecular weight excluding hydrogens is 714 g/mol. The number of carboxylic acid groups (broad SMARTS) is 1. The molecule has 5 rings (SSSR count). The number of carboxylic acids is 1. The maximum absolute atomic E-state index is 12.2. The lowest BCUT2D eigenvalue weighted by atomic mass is 10.4. The summed E-state index contributed by atoms with van der Waals surface area (Å²) in [6, 6.07) is 17.7. The van der Waals surface area contributed by atoms with Crippen LogP contribution in [0.4, 0.5) is 13.2 Å². The molecule has 12 nitrogen and oxygen atoms in total. The molecule has 0 aromatic carbocycles. The van der Waals surface area contributed by atoms with E-state index in [4.69, 9.17) is 10.4 Å². The predicted molar refractivity (Wildman–Crippen MR) is 179 cm³/mol. The van der Waals surface area contributed by atoms with Crippen molar-refractivity contribution in [3.63, 3.8) is 0 Å². The van der Waals surface area contributed by atoms with Crippen molar-refractivity contribution in [2.75, 3.05) is 0 Å². The Bertz CT molecular complexity index is 1850. The van der Waals surface area contributed by atoms with Crippen LogP contribution in [-0.4, -0.2) is 60.3 Å². The Kier molecular flexibility index (Phi) is 16.6. The fraction of sp³-hybridized carbons (Fsp3) is 0.207. The minimum Gasteiger partial charge on any atom is -0.492 e. The molecule has 0 aliphatic carbocycles. The van der Waals surface area contributed by atoms with Crippen LogP contribution in [0.3, 0.4) is 0 Å². The quantitative estimate of drug-likeness (QED) is 0.0957. The molecule has 0 bridgehead atoms. The highest BCUT2D eigenvalue weighted by Crippen LogP contribution is 2.34. The van der Waals surface area contributed by atoms with Gasteiger partial charge in [-0.3, -0.25) is 14.8 Å². The number of aromatic hydroxyl groups is 1. The van der Waals surface area contributed by atoms with E-state index in [2.05, 4.69) is 41.7 Å². The van der Waals surface area contributed by atoms with E-state index in [0.717, 1.165) is 26.9 Å². The first-order chi connectivity index (χ1) is 22.1. The molecule has 1 atom stereocenters. The van der Waals surface area contributed by atoms with Crippen LogP contribution in [0.5, 0.6) is 11.8 Å². The normalized spacial score (nSPS) is 11.0. The SMILES string of the molecule is C.CC(S)C(=O)O.Cc1sc(-c2ccccn2)nc1O.Cc1sc(-c2ccccn2)nc1OS(=O)(=O)C(F)(F)F.N#Cc1ccccn1. The van der Waals surface area contributed by atoms with Gasteiger partial charge in [-0.25, -0.2) is 4.98 Å².